The van der Waals surface area contributed by atoms with Gasteiger partial charge in [0.1, 0.15) is 5.75 Å². The first-order chi connectivity index (χ1) is 11.6. The average Bonchev–Trinajstić information content (AvgIpc) is 3.29. The molecule has 2 heteroatoms. The van der Waals surface area contributed by atoms with Crippen molar-refractivity contribution in [2.24, 2.45) is 40.9 Å². The second kappa shape index (κ2) is 5.00. The maximum Gasteiger partial charge on any atom is 0.119 e. The van der Waals surface area contributed by atoms with Crippen molar-refractivity contribution in [3.8, 4) is 5.75 Å². The normalized spacial score (nSPS) is 48.1. The monoisotopic (exact) mass is 326 g/mol. The summed E-state index contributed by atoms with van der Waals surface area (Å²) >= 11 is 0. The predicted octanol–water partition coefficient (Wildman–Crippen LogP) is 4.26. The molecule has 4 aliphatic rings. The second-order valence-electron chi connectivity index (χ2n) is 9.35. The molecular formula is C22H30O2. The topological polar surface area (TPSA) is 29.5 Å². The predicted molar refractivity (Wildman–Crippen MR) is 95.1 cm³/mol. The van der Waals surface area contributed by atoms with E-state index < -0.39 is 0 Å². The molecule has 0 heterocycles. The van der Waals surface area contributed by atoms with Crippen LogP contribution in [0.3, 0.4) is 0 Å². The Balaban J connectivity index is 1.55. The Bertz CT molecular complexity index is 668. The maximum atomic E-state index is 10.0. The summed E-state index contributed by atoms with van der Waals surface area (Å²) in [6, 6.07) is 6.79. The molecule has 5 rings (SSSR count). The summed E-state index contributed by atoms with van der Waals surface area (Å²) in [5, 5.41) is 10.0. The van der Waals surface area contributed by atoms with E-state index in [1.807, 2.05) is 0 Å². The fourth-order valence-electron chi connectivity index (χ4n) is 7.51. The van der Waals surface area contributed by atoms with Gasteiger partial charge in [-0.2, -0.15) is 0 Å². The molecule has 3 fully saturated rings. The largest absolute Gasteiger partial charge is 0.497 e. The van der Waals surface area contributed by atoms with Gasteiger partial charge in [-0.15, -0.1) is 0 Å². The number of benzene rings is 1. The van der Waals surface area contributed by atoms with Crippen molar-refractivity contribution in [1.82, 2.24) is 0 Å². The summed E-state index contributed by atoms with van der Waals surface area (Å²) in [4.78, 5) is 0. The summed E-state index contributed by atoms with van der Waals surface area (Å²) in [6.45, 7) is 5.40. The minimum absolute atomic E-state index is 0.391. The highest BCUT2D eigenvalue weighted by Crippen LogP contribution is 2.74. The van der Waals surface area contributed by atoms with E-state index >= 15 is 0 Å². The van der Waals surface area contributed by atoms with Gasteiger partial charge in [0.2, 0.25) is 0 Å². The summed E-state index contributed by atoms with van der Waals surface area (Å²) in [7, 11) is 1.77. The van der Waals surface area contributed by atoms with E-state index in [0.29, 0.717) is 17.9 Å². The van der Waals surface area contributed by atoms with Crippen LogP contribution < -0.4 is 4.74 Å². The van der Waals surface area contributed by atoms with E-state index in [2.05, 4.69) is 32.0 Å². The maximum absolute atomic E-state index is 10.0. The molecule has 0 aromatic heterocycles. The molecule has 0 unspecified atom stereocenters. The van der Waals surface area contributed by atoms with Gasteiger partial charge >= 0.3 is 0 Å². The Hall–Kier alpha value is -1.02. The third kappa shape index (κ3) is 1.81. The Morgan fingerprint density at radius 2 is 2.12 bits per heavy atom. The van der Waals surface area contributed by atoms with Crippen molar-refractivity contribution >= 4 is 0 Å². The molecule has 4 aliphatic carbocycles. The molecule has 2 nitrogen and oxygen atoms in total. The molecule has 1 aromatic carbocycles. The van der Waals surface area contributed by atoms with Crippen LogP contribution in [0.4, 0.5) is 0 Å². The Morgan fingerprint density at radius 1 is 1.29 bits per heavy atom. The molecule has 8 atom stereocenters. The number of fused-ring (bicyclic) bond motifs is 7. The van der Waals surface area contributed by atoms with E-state index in [-0.39, 0.29) is 0 Å². The number of hydrogen-bond acceptors (Lipinski definition) is 2. The number of aliphatic hydroxyl groups is 1. The van der Waals surface area contributed by atoms with Crippen molar-refractivity contribution in [3.05, 3.63) is 29.3 Å². The van der Waals surface area contributed by atoms with E-state index in [9.17, 15) is 5.11 Å². The zero-order valence-corrected chi connectivity index (χ0v) is 15.2. The molecule has 1 N–H and O–H groups in total. The SMILES string of the molecule is COc1ccc2c(c1)C[C@@H](C)[C@H]1[C@H]3[C@H]4C[C@H]4[C@@H](CO)[C@@]3(C)CC[C@H]21. The van der Waals surface area contributed by atoms with Crippen LogP contribution in [0.5, 0.6) is 5.75 Å². The Labute approximate surface area is 145 Å². The fraction of sp³-hybridized carbons (Fsp3) is 0.727. The van der Waals surface area contributed by atoms with E-state index in [1.54, 1.807) is 12.7 Å². The minimum Gasteiger partial charge on any atom is -0.497 e. The summed E-state index contributed by atoms with van der Waals surface area (Å²) < 4.78 is 5.46. The highest BCUT2D eigenvalue weighted by atomic mass is 16.5. The van der Waals surface area contributed by atoms with Crippen LogP contribution in [0.15, 0.2) is 18.2 Å². The third-order valence-corrected chi connectivity index (χ3v) is 8.50. The van der Waals surface area contributed by atoms with Crippen molar-refractivity contribution in [3.63, 3.8) is 0 Å². The molecule has 24 heavy (non-hydrogen) atoms. The van der Waals surface area contributed by atoms with Crippen LogP contribution in [0.2, 0.25) is 0 Å². The summed E-state index contributed by atoms with van der Waals surface area (Å²) in [6.07, 6.45) is 5.19. The average molecular weight is 326 g/mol. The lowest BCUT2D eigenvalue weighted by molar-refractivity contribution is -0.0310. The van der Waals surface area contributed by atoms with Gasteiger partial charge in [-0.25, -0.2) is 0 Å². The molecular weight excluding hydrogens is 296 g/mol. The van der Waals surface area contributed by atoms with Crippen molar-refractivity contribution < 1.29 is 9.84 Å². The van der Waals surface area contributed by atoms with Crippen molar-refractivity contribution in [1.29, 1.82) is 0 Å². The first-order valence-electron chi connectivity index (χ1n) is 9.86. The highest BCUT2D eigenvalue weighted by molar-refractivity contribution is 5.41. The lowest BCUT2D eigenvalue weighted by Crippen LogP contribution is -2.47. The van der Waals surface area contributed by atoms with Crippen LogP contribution in [-0.4, -0.2) is 18.8 Å². The molecule has 0 radical (unpaired) electrons. The quantitative estimate of drug-likeness (QED) is 0.880. The first-order valence-corrected chi connectivity index (χ1v) is 9.86. The van der Waals surface area contributed by atoms with Crippen LogP contribution in [0, 0.1) is 40.9 Å². The van der Waals surface area contributed by atoms with Gasteiger partial charge in [-0.1, -0.05) is 19.9 Å². The number of ether oxygens (including phenoxy) is 1. The van der Waals surface area contributed by atoms with E-state index in [1.165, 1.54) is 31.2 Å². The van der Waals surface area contributed by atoms with Gasteiger partial charge in [0, 0.05) is 6.61 Å². The Kier molecular flexibility index (Phi) is 3.18. The lowest BCUT2D eigenvalue weighted by Gasteiger charge is -2.54. The zero-order valence-electron chi connectivity index (χ0n) is 15.2. The zero-order chi connectivity index (χ0) is 16.6. The molecule has 0 bridgehead atoms. The van der Waals surface area contributed by atoms with Crippen LogP contribution in [0.1, 0.15) is 50.2 Å². The van der Waals surface area contributed by atoms with Crippen LogP contribution in [0.25, 0.3) is 0 Å². The highest BCUT2D eigenvalue weighted by Gasteiger charge is 2.68. The third-order valence-electron chi connectivity index (χ3n) is 8.50. The number of hydrogen-bond donors (Lipinski definition) is 1. The number of methoxy groups -OCH3 is 1. The molecule has 130 valence electrons. The molecule has 0 amide bonds. The molecule has 0 aliphatic heterocycles. The summed E-state index contributed by atoms with van der Waals surface area (Å²) in [5.74, 6) is 6.43. The van der Waals surface area contributed by atoms with Gasteiger partial charge in [0.15, 0.2) is 0 Å². The van der Waals surface area contributed by atoms with Crippen molar-refractivity contribution in [2.45, 2.75) is 45.4 Å². The lowest BCUT2D eigenvalue weighted by atomic mass is 9.50. The smallest absolute Gasteiger partial charge is 0.119 e. The Morgan fingerprint density at radius 3 is 2.88 bits per heavy atom. The number of aliphatic hydroxyl groups excluding tert-OH is 1. The van der Waals surface area contributed by atoms with E-state index in [4.69, 9.17) is 4.74 Å². The van der Waals surface area contributed by atoms with Crippen LogP contribution >= 0.6 is 0 Å². The van der Waals surface area contributed by atoms with Gasteiger partial charge in [-0.3, -0.25) is 0 Å². The minimum atomic E-state index is 0.391. The van der Waals surface area contributed by atoms with Gasteiger partial charge in [0.25, 0.3) is 0 Å². The van der Waals surface area contributed by atoms with Crippen molar-refractivity contribution in [2.75, 3.05) is 13.7 Å². The van der Waals surface area contributed by atoms with Gasteiger partial charge < -0.3 is 9.84 Å². The van der Waals surface area contributed by atoms with E-state index in [0.717, 1.165) is 41.3 Å². The first kappa shape index (κ1) is 15.3. The fourth-order valence-corrected chi connectivity index (χ4v) is 7.51. The molecule has 0 saturated heterocycles. The molecule has 0 spiro atoms. The number of rotatable bonds is 2. The van der Waals surface area contributed by atoms with Gasteiger partial charge in [0.05, 0.1) is 7.11 Å². The standard InChI is InChI=1S/C22H30O2/c1-12-8-13-9-14(24-3)4-5-15(13)16-6-7-22(2)19(11-23)17-10-18(17)21(22)20(12)16/h4-5,9,12,16-21,23H,6-8,10-11H2,1-3H3/t12-,16-,17-,18+,19-,20-,21-,22-/m1/s1. The van der Waals surface area contributed by atoms with Crippen LogP contribution in [-0.2, 0) is 6.42 Å². The second-order valence-corrected chi connectivity index (χ2v) is 9.35. The molecule has 1 aromatic rings. The van der Waals surface area contributed by atoms with Gasteiger partial charge in [-0.05, 0) is 95.8 Å². The summed E-state index contributed by atoms with van der Waals surface area (Å²) in [5.41, 5.74) is 3.52. The molecule has 3 saturated carbocycles.